The number of ether oxygens (including phenoxy) is 1. The van der Waals surface area contributed by atoms with Crippen LogP contribution in [-0.4, -0.2) is 41.3 Å². The maximum absolute atomic E-state index is 12.6. The van der Waals surface area contributed by atoms with Gasteiger partial charge in [-0.1, -0.05) is 13.3 Å². The standard InChI is InChI=1S/C14H24N2O2/c1-3-4-12-15-14(6-7-14)13(17)16(12)11-5-8-18-10(2)9-11/h10-12,15H,3-9H2,1-2H3. The third-order valence-corrected chi connectivity index (χ3v) is 4.59. The Kier molecular flexibility index (Phi) is 3.10. The summed E-state index contributed by atoms with van der Waals surface area (Å²) >= 11 is 0. The molecule has 0 aromatic carbocycles. The molecule has 2 saturated heterocycles. The van der Waals surface area contributed by atoms with E-state index < -0.39 is 0 Å². The lowest BCUT2D eigenvalue weighted by Crippen LogP contribution is -2.48. The van der Waals surface area contributed by atoms with Crippen LogP contribution in [0.5, 0.6) is 0 Å². The van der Waals surface area contributed by atoms with Gasteiger partial charge in [0.25, 0.3) is 0 Å². The van der Waals surface area contributed by atoms with Crippen molar-refractivity contribution in [2.75, 3.05) is 6.61 Å². The van der Waals surface area contributed by atoms with Gasteiger partial charge in [0.05, 0.1) is 17.8 Å². The van der Waals surface area contributed by atoms with E-state index in [1.165, 1.54) is 0 Å². The highest BCUT2D eigenvalue weighted by molar-refractivity contribution is 5.92. The van der Waals surface area contributed by atoms with Crippen molar-refractivity contribution in [3.05, 3.63) is 0 Å². The normalized spacial score (nSPS) is 38.4. The van der Waals surface area contributed by atoms with Crippen LogP contribution in [0.3, 0.4) is 0 Å². The van der Waals surface area contributed by atoms with Gasteiger partial charge in [0.15, 0.2) is 0 Å². The number of hydrogen-bond acceptors (Lipinski definition) is 3. The Hall–Kier alpha value is -0.610. The Labute approximate surface area is 109 Å². The molecule has 1 aliphatic carbocycles. The first kappa shape index (κ1) is 12.4. The highest BCUT2D eigenvalue weighted by Crippen LogP contribution is 2.44. The lowest BCUT2D eigenvalue weighted by molar-refractivity contribution is -0.136. The van der Waals surface area contributed by atoms with E-state index in [1.807, 2.05) is 0 Å². The maximum Gasteiger partial charge on any atom is 0.244 e. The van der Waals surface area contributed by atoms with Crippen LogP contribution in [0, 0.1) is 0 Å². The maximum atomic E-state index is 12.6. The van der Waals surface area contributed by atoms with Crippen LogP contribution in [-0.2, 0) is 9.53 Å². The van der Waals surface area contributed by atoms with Gasteiger partial charge in [0, 0.05) is 12.6 Å². The zero-order valence-corrected chi connectivity index (χ0v) is 11.4. The summed E-state index contributed by atoms with van der Waals surface area (Å²) in [5.41, 5.74) is -0.165. The van der Waals surface area contributed by atoms with Gasteiger partial charge in [-0.25, -0.2) is 0 Å². The van der Waals surface area contributed by atoms with E-state index in [9.17, 15) is 4.79 Å². The van der Waals surface area contributed by atoms with Gasteiger partial charge in [-0.3, -0.25) is 10.1 Å². The van der Waals surface area contributed by atoms with Gasteiger partial charge >= 0.3 is 0 Å². The molecule has 3 fully saturated rings. The van der Waals surface area contributed by atoms with Crippen LogP contribution in [0.1, 0.15) is 52.4 Å². The van der Waals surface area contributed by atoms with E-state index in [2.05, 4.69) is 24.1 Å². The molecule has 3 atom stereocenters. The molecule has 3 rings (SSSR count). The molecule has 2 aliphatic heterocycles. The molecule has 2 heterocycles. The van der Waals surface area contributed by atoms with E-state index in [0.717, 1.165) is 45.1 Å². The molecular formula is C14H24N2O2. The summed E-state index contributed by atoms with van der Waals surface area (Å²) in [4.78, 5) is 14.8. The zero-order chi connectivity index (χ0) is 12.8. The van der Waals surface area contributed by atoms with Crippen molar-refractivity contribution >= 4 is 5.91 Å². The lowest BCUT2D eigenvalue weighted by atomic mass is 10.0. The predicted molar refractivity (Wildman–Crippen MR) is 69.1 cm³/mol. The Morgan fingerprint density at radius 2 is 2.28 bits per heavy atom. The monoisotopic (exact) mass is 252 g/mol. The second-order valence-corrected chi connectivity index (χ2v) is 6.10. The Balaban J connectivity index is 1.76. The van der Waals surface area contributed by atoms with Crippen molar-refractivity contribution in [2.24, 2.45) is 0 Å². The Bertz CT molecular complexity index is 341. The number of rotatable bonds is 3. The number of carbonyl (C=O) groups is 1. The molecule has 0 aromatic rings. The molecule has 3 unspecified atom stereocenters. The van der Waals surface area contributed by atoms with Gasteiger partial charge < -0.3 is 9.64 Å². The molecule has 0 bridgehead atoms. The summed E-state index contributed by atoms with van der Waals surface area (Å²) in [6, 6.07) is 0.380. The van der Waals surface area contributed by atoms with Crippen LogP contribution in [0.4, 0.5) is 0 Å². The average molecular weight is 252 g/mol. The smallest absolute Gasteiger partial charge is 0.244 e. The third-order valence-electron chi connectivity index (χ3n) is 4.59. The molecule has 0 aromatic heterocycles. The number of carbonyl (C=O) groups excluding carboxylic acids is 1. The quantitative estimate of drug-likeness (QED) is 0.830. The number of amides is 1. The second-order valence-electron chi connectivity index (χ2n) is 6.10. The minimum absolute atomic E-state index is 0.165. The minimum Gasteiger partial charge on any atom is -0.378 e. The highest BCUT2D eigenvalue weighted by Gasteiger charge is 2.60. The molecule has 4 nitrogen and oxygen atoms in total. The summed E-state index contributed by atoms with van der Waals surface area (Å²) in [6.45, 7) is 5.10. The van der Waals surface area contributed by atoms with E-state index in [0.29, 0.717) is 11.9 Å². The van der Waals surface area contributed by atoms with E-state index >= 15 is 0 Å². The van der Waals surface area contributed by atoms with Crippen LogP contribution >= 0.6 is 0 Å². The van der Waals surface area contributed by atoms with E-state index in [1.54, 1.807) is 0 Å². The number of hydrogen-bond donors (Lipinski definition) is 1. The first-order valence-corrected chi connectivity index (χ1v) is 7.38. The fourth-order valence-electron chi connectivity index (χ4n) is 3.45. The van der Waals surface area contributed by atoms with E-state index in [4.69, 9.17) is 4.74 Å². The first-order valence-electron chi connectivity index (χ1n) is 7.38. The van der Waals surface area contributed by atoms with Crippen LogP contribution in [0.2, 0.25) is 0 Å². The van der Waals surface area contributed by atoms with Gasteiger partial charge in [-0.05, 0) is 39.0 Å². The predicted octanol–water partition coefficient (Wildman–Crippen LogP) is 1.64. The summed E-state index contributed by atoms with van der Waals surface area (Å²) in [5, 5.41) is 3.59. The molecule has 1 N–H and O–H groups in total. The highest BCUT2D eigenvalue weighted by atomic mass is 16.5. The van der Waals surface area contributed by atoms with Crippen LogP contribution in [0.25, 0.3) is 0 Å². The topological polar surface area (TPSA) is 41.6 Å². The summed E-state index contributed by atoms with van der Waals surface area (Å²) in [5.74, 6) is 0.361. The molecule has 1 saturated carbocycles. The van der Waals surface area contributed by atoms with Gasteiger partial charge in [-0.2, -0.15) is 0 Å². The minimum atomic E-state index is -0.165. The van der Waals surface area contributed by atoms with Crippen LogP contribution in [0.15, 0.2) is 0 Å². The summed E-state index contributed by atoms with van der Waals surface area (Å²) in [7, 11) is 0. The largest absolute Gasteiger partial charge is 0.378 e. The van der Waals surface area contributed by atoms with Crippen molar-refractivity contribution in [2.45, 2.75) is 76.2 Å². The lowest BCUT2D eigenvalue weighted by Gasteiger charge is -2.37. The third kappa shape index (κ3) is 1.95. The Morgan fingerprint density at radius 3 is 2.89 bits per heavy atom. The molecule has 102 valence electrons. The number of nitrogens with one attached hydrogen (secondary N) is 1. The van der Waals surface area contributed by atoms with Crippen molar-refractivity contribution < 1.29 is 9.53 Å². The van der Waals surface area contributed by atoms with Crippen molar-refractivity contribution in [3.63, 3.8) is 0 Å². The second kappa shape index (κ2) is 4.49. The molecule has 4 heteroatoms. The zero-order valence-electron chi connectivity index (χ0n) is 11.4. The van der Waals surface area contributed by atoms with Crippen molar-refractivity contribution in [3.8, 4) is 0 Å². The van der Waals surface area contributed by atoms with Gasteiger partial charge in [0.2, 0.25) is 5.91 Å². The fraction of sp³-hybridized carbons (Fsp3) is 0.929. The molecule has 18 heavy (non-hydrogen) atoms. The molecule has 1 amide bonds. The van der Waals surface area contributed by atoms with Gasteiger partial charge in [-0.15, -0.1) is 0 Å². The molecule has 1 spiro atoms. The summed E-state index contributed by atoms with van der Waals surface area (Å²) < 4.78 is 5.61. The summed E-state index contributed by atoms with van der Waals surface area (Å²) in [6.07, 6.45) is 6.78. The van der Waals surface area contributed by atoms with E-state index in [-0.39, 0.29) is 17.8 Å². The fourth-order valence-corrected chi connectivity index (χ4v) is 3.45. The molecular weight excluding hydrogens is 228 g/mol. The Morgan fingerprint density at radius 1 is 1.50 bits per heavy atom. The van der Waals surface area contributed by atoms with Crippen molar-refractivity contribution in [1.82, 2.24) is 10.2 Å². The van der Waals surface area contributed by atoms with Crippen LogP contribution < -0.4 is 5.32 Å². The molecule has 3 aliphatic rings. The molecule has 0 radical (unpaired) electrons. The van der Waals surface area contributed by atoms with Gasteiger partial charge in [0.1, 0.15) is 0 Å². The van der Waals surface area contributed by atoms with Crippen molar-refractivity contribution in [1.29, 1.82) is 0 Å². The first-order chi connectivity index (χ1) is 8.66. The average Bonchev–Trinajstić information content (AvgIpc) is 3.05. The SMILES string of the molecule is CCCC1NC2(CC2)C(=O)N1C1CCOC(C)C1. The number of nitrogens with zero attached hydrogens (tertiary/aromatic N) is 1.